The molecule has 0 heterocycles. The van der Waals surface area contributed by atoms with Crippen molar-refractivity contribution in [1.82, 2.24) is 0 Å². The molecule has 0 fully saturated rings. The largest absolute Gasteiger partial charge is 0.408 e. The molecular weight excluding hydrogens is 296 g/mol. The van der Waals surface area contributed by atoms with E-state index in [9.17, 15) is 0 Å². The van der Waals surface area contributed by atoms with E-state index in [0.29, 0.717) is 0 Å². The number of rotatable bonds is 4. The Hall–Kier alpha value is -2.16. The molecule has 23 heavy (non-hydrogen) atoms. The summed E-state index contributed by atoms with van der Waals surface area (Å²) in [6, 6.07) is 28.1. The second-order valence-corrected chi connectivity index (χ2v) is 9.50. The minimum atomic E-state index is -2.46. The Morgan fingerprint density at radius 3 is 1.43 bits per heavy atom. The molecular formula is C21H22OSi. The normalized spacial score (nSPS) is 11.4. The van der Waals surface area contributed by atoms with E-state index in [1.807, 2.05) is 7.11 Å². The minimum Gasteiger partial charge on any atom is -0.408 e. The maximum absolute atomic E-state index is 6.34. The van der Waals surface area contributed by atoms with E-state index in [0.717, 1.165) is 0 Å². The molecule has 0 aromatic heterocycles. The van der Waals surface area contributed by atoms with Gasteiger partial charge < -0.3 is 4.43 Å². The summed E-state index contributed by atoms with van der Waals surface area (Å²) in [6.07, 6.45) is 0. The van der Waals surface area contributed by atoms with Crippen molar-refractivity contribution in [3.05, 3.63) is 90.0 Å². The maximum atomic E-state index is 6.34. The second-order valence-electron chi connectivity index (χ2n) is 5.99. The van der Waals surface area contributed by atoms with Crippen molar-refractivity contribution in [2.24, 2.45) is 0 Å². The van der Waals surface area contributed by atoms with E-state index in [4.69, 9.17) is 4.43 Å². The van der Waals surface area contributed by atoms with Gasteiger partial charge >= 0.3 is 0 Å². The predicted octanol–water partition coefficient (Wildman–Crippen LogP) is 2.92. The van der Waals surface area contributed by atoms with Gasteiger partial charge in [-0.15, -0.1) is 0 Å². The smallest absolute Gasteiger partial charge is 0.288 e. The third-order valence-electron chi connectivity index (χ3n) is 4.30. The van der Waals surface area contributed by atoms with Crippen molar-refractivity contribution in [3.8, 4) is 0 Å². The van der Waals surface area contributed by atoms with Gasteiger partial charge in [-0.3, -0.25) is 0 Å². The zero-order valence-electron chi connectivity index (χ0n) is 13.9. The topological polar surface area (TPSA) is 9.23 Å². The van der Waals surface area contributed by atoms with E-state index < -0.39 is 8.32 Å². The summed E-state index contributed by atoms with van der Waals surface area (Å²) in [5.74, 6) is 0. The van der Waals surface area contributed by atoms with Crippen LogP contribution >= 0.6 is 0 Å². The van der Waals surface area contributed by atoms with Gasteiger partial charge in [-0.1, -0.05) is 90.0 Å². The first-order valence-corrected chi connectivity index (χ1v) is 9.82. The molecule has 116 valence electrons. The highest BCUT2D eigenvalue weighted by molar-refractivity contribution is 7.07. The molecule has 0 aliphatic carbocycles. The molecule has 0 unspecified atom stereocenters. The molecule has 0 N–H and O–H groups in total. The van der Waals surface area contributed by atoms with Crippen LogP contribution in [0.4, 0.5) is 0 Å². The van der Waals surface area contributed by atoms with Gasteiger partial charge in [0.25, 0.3) is 8.32 Å². The predicted molar refractivity (Wildman–Crippen MR) is 100 cm³/mol. The fraction of sp³-hybridized carbons (Fsp3) is 0.143. The Bertz CT molecular complexity index is 722. The highest BCUT2D eigenvalue weighted by Gasteiger charge is 2.40. The van der Waals surface area contributed by atoms with Gasteiger partial charge in [0.05, 0.1) is 0 Å². The van der Waals surface area contributed by atoms with Crippen molar-refractivity contribution in [2.45, 2.75) is 13.8 Å². The fourth-order valence-corrected chi connectivity index (χ4v) is 7.27. The molecule has 0 aliphatic rings. The molecule has 3 aromatic carbocycles. The molecule has 0 saturated carbocycles. The minimum absolute atomic E-state index is 1.28. The van der Waals surface area contributed by atoms with Gasteiger partial charge in [-0.2, -0.15) is 0 Å². The van der Waals surface area contributed by atoms with Crippen molar-refractivity contribution >= 4 is 23.9 Å². The monoisotopic (exact) mass is 318 g/mol. The van der Waals surface area contributed by atoms with Gasteiger partial charge in [0.15, 0.2) is 0 Å². The second kappa shape index (κ2) is 6.53. The van der Waals surface area contributed by atoms with Crippen LogP contribution in [0.15, 0.2) is 78.9 Å². The van der Waals surface area contributed by atoms with Crippen LogP contribution in [0.3, 0.4) is 0 Å². The lowest BCUT2D eigenvalue weighted by Crippen LogP contribution is -2.68. The van der Waals surface area contributed by atoms with E-state index in [2.05, 4.69) is 92.7 Å². The summed E-state index contributed by atoms with van der Waals surface area (Å²) in [7, 11) is -0.609. The molecule has 0 bridgehead atoms. The fourth-order valence-electron chi connectivity index (χ4n) is 3.38. The van der Waals surface area contributed by atoms with Crippen LogP contribution in [-0.4, -0.2) is 15.4 Å². The lowest BCUT2D eigenvalue weighted by atomic mass is 10.2. The molecule has 0 radical (unpaired) electrons. The Morgan fingerprint density at radius 2 is 1.04 bits per heavy atom. The van der Waals surface area contributed by atoms with E-state index in [1.165, 1.54) is 26.7 Å². The number of hydrogen-bond donors (Lipinski definition) is 0. The van der Waals surface area contributed by atoms with Crippen LogP contribution in [0.1, 0.15) is 11.1 Å². The summed E-state index contributed by atoms with van der Waals surface area (Å²) in [4.78, 5) is 0. The molecule has 0 amide bonds. The Kier molecular flexibility index (Phi) is 4.46. The first kappa shape index (κ1) is 15.7. The SMILES string of the molecule is CO[Si](c1ccccc1)(c1ccccc1)c1cc(C)cc(C)c1. The van der Waals surface area contributed by atoms with Crippen molar-refractivity contribution in [1.29, 1.82) is 0 Å². The molecule has 0 atom stereocenters. The van der Waals surface area contributed by atoms with Crippen LogP contribution in [-0.2, 0) is 4.43 Å². The zero-order chi connectivity index (χ0) is 16.3. The number of hydrogen-bond acceptors (Lipinski definition) is 1. The molecule has 0 saturated heterocycles. The Morgan fingerprint density at radius 1 is 0.609 bits per heavy atom. The summed E-state index contributed by atoms with van der Waals surface area (Å²) < 4.78 is 6.34. The standard InChI is InChI=1S/C21H22OSi/c1-17-14-18(2)16-21(15-17)23(22-3,19-10-6-4-7-11-19)20-12-8-5-9-13-20/h4-16H,1-3H3. The first-order chi connectivity index (χ1) is 11.2. The van der Waals surface area contributed by atoms with E-state index >= 15 is 0 Å². The van der Waals surface area contributed by atoms with Gasteiger partial charge in [-0.05, 0) is 29.4 Å². The maximum Gasteiger partial charge on any atom is 0.288 e. The molecule has 3 rings (SSSR count). The average Bonchev–Trinajstić information content (AvgIpc) is 2.57. The third-order valence-corrected chi connectivity index (χ3v) is 8.30. The Balaban J connectivity index is 2.33. The number of aryl methyl sites for hydroxylation is 2. The molecule has 1 nitrogen and oxygen atoms in total. The van der Waals surface area contributed by atoms with E-state index in [1.54, 1.807) is 0 Å². The van der Waals surface area contributed by atoms with Crippen LogP contribution in [0.5, 0.6) is 0 Å². The van der Waals surface area contributed by atoms with Crippen molar-refractivity contribution < 1.29 is 4.43 Å². The molecule has 0 aliphatic heterocycles. The molecule has 3 aromatic rings. The van der Waals surface area contributed by atoms with Crippen molar-refractivity contribution in [3.63, 3.8) is 0 Å². The van der Waals surface area contributed by atoms with Crippen LogP contribution < -0.4 is 15.6 Å². The molecule has 0 spiro atoms. The third kappa shape index (κ3) is 2.88. The van der Waals surface area contributed by atoms with Gasteiger partial charge in [0, 0.05) is 7.11 Å². The number of benzene rings is 3. The highest BCUT2D eigenvalue weighted by atomic mass is 28.4. The lowest BCUT2D eigenvalue weighted by molar-refractivity contribution is 0.426. The summed E-state index contributed by atoms with van der Waals surface area (Å²) in [5, 5.41) is 3.85. The Labute approximate surface area is 139 Å². The van der Waals surface area contributed by atoms with Crippen LogP contribution in [0, 0.1) is 13.8 Å². The van der Waals surface area contributed by atoms with Crippen LogP contribution in [0.2, 0.25) is 0 Å². The van der Waals surface area contributed by atoms with Gasteiger partial charge in [-0.25, -0.2) is 0 Å². The molecule has 2 heteroatoms. The average molecular weight is 318 g/mol. The van der Waals surface area contributed by atoms with Gasteiger partial charge in [0.2, 0.25) is 0 Å². The highest BCUT2D eigenvalue weighted by Crippen LogP contribution is 2.11. The lowest BCUT2D eigenvalue weighted by Gasteiger charge is -2.32. The summed E-state index contributed by atoms with van der Waals surface area (Å²) >= 11 is 0. The van der Waals surface area contributed by atoms with Crippen molar-refractivity contribution in [2.75, 3.05) is 7.11 Å². The quantitative estimate of drug-likeness (QED) is 0.531. The summed E-state index contributed by atoms with van der Waals surface area (Å²) in [6.45, 7) is 4.31. The zero-order valence-corrected chi connectivity index (χ0v) is 14.9. The summed E-state index contributed by atoms with van der Waals surface area (Å²) in [5.41, 5.74) is 2.56. The van der Waals surface area contributed by atoms with E-state index in [-0.39, 0.29) is 0 Å². The first-order valence-electron chi connectivity index (χ1n) is 7.92. The van der Waals surface area contributed by atoms with Gasteiger partial charge in [0.1, 0.15) is 0 Å². The van der Waals surface area contributed by atoms with Crippen LogP contribution in [0.25, 0.3) is 0 Å².